The highest BCUT2D eigenvalue weighted by Crippen LogP contribution is 2.20. The summed E-state index contributed by atoms with van der Waals surface area (Å²) in [5, 5.41) is 3.39. The number of aromatic nitrogens is 1. The monoisotopic (exact) mass is 202 g/mol. The van der Waals surface area contributed by atoms with Crippen LogP contribution in [0.25, 0.3) is 0 Å². The first-order chi connectivity index (χ1) is 7.27. The second-order valence-corrected chi connectivity index (χ2v) is 3.61. The lowest BCUT2D eigenvalue weighted by molar-refractivity contribution is 0.562. The van der Waals surface area contributed by atoms with Crippen LogP contribution in [0.3, 0.4) is 0 Å². The van der Waals surface area contributed by atoms with E-state index >= 15 is 0 Å². The highest BCUT2D eigenvalue weighted by atomic mass is 16.3. The molecule has 3 heteroatoms. The molecule has 2 rings (SSSR count). The van der Waals surface area contributed by atoms with Gasteiger partial charge in [0, 0.05) is 11.8 Å². The van der Waals surface area contributed by atoms with E-state index in [-0.39, 0.29) is 6.04 Å². The highest BCUT2D eigenvalue weighted by Gasteiger charge is 2.07. The van der Waals surface area contributed by atoms with Crippen LogP contribution in [0.4, 0.5) is 5.69 Å². The molecule has 3 nitrogen and oxygen atoms in total. The molecule has 0 saturated carbocycles. The van der Waals surface area contributed by atoms with Crippen LogP contribution >= 0.6 is 0 Å². The number of pyridine rings is 1. The van der Waals surface area contributed by atoms with E-state index in [1.165, 1.54) is 5.56 Å². The van der Waals surface area contributed by atoms with Crippen LogP contribution in [0.1, 0.15) is 24.1 Å². The van der Waals surface area contributed by atoms with E-state index in [0.717, 1.165) is 11.3 Å². The lowest BCUT2D eigenvalue weighted by Crippen LogP contribution is -2.06. The standard InChI is InChI=1S/C12H14N2O/c1-9-3-5-13-7-12(9)14-10(2)11-4-6-15-8-11/h3-8,10,14H,1-2H3. The maximum absolute atomic E-state index is 5.05. The molecule has 1 unspecified atom stereocenters. The van der Waals surface area contributed by atoms with Gasteiger partial charge in [-0.3, -0.25) is 4.98 Å². The van der Waals surface area contributed by atoms with Crippen molar-refractivity contribution in [2.24, 2.45) is 0 Å². The molecule has 2 aromatic rings. The number of aryl methyl sites for hydroxylation is 1. The quantitative estimate of drug-likeness (QED) is 0.830. The molecule has 0 aromatic carbocycles. The molecule has 1 atom stereocenters. The van der Waals surface area contributed by atoms with E-state index in [9.17, 15) is 0 Å². The number of furan rings is 1. The molecule has 78 valence electrons. The number of rotatable bonds is 3. The minimum Gasteiger partial charge on any atom is -0.472 e. The molecule has 0 aliphatic carbocycles. The minimum atomic E-state index is 0.228. The van der Waals surface area contributed by atoms with Crippen molar-refractivity contribution >= 4 is 5.69 Å². The topological polar surface area (TPSA) is 38.1 Å². The van der Waals surface area contributed by atoms with Gasteiger partial charge in [0.05, 0.1) is 30.5 Å². The zero-order valence-electron chi connectivity index (χ0n) is 8.90. The summed E-state index contributed by atoms with van der Waals surface area (Å²) >= 11 is 0. The Bertz CT molecular complexity index is 423. The molecular weight excluding hydrogens is 188 g/mol. The predicted octanol–water partition coefficient (Wildman–Crippen LogP) is 3.16. The Labute approximate surface area is 89.1 Å². The fourth-order valence-corrected chi connectivity index (χ4v) is 1.45. The van der Waals surface area contributed by atoms with Gasteiger partial charge in [-0.15, -0.1) is 0 Å². The van der Waals surface area contributed by atoms with Crippen molar-refractivity contribution in [1.29, 1.82) is 0 Å². The van der Waals surface area contributed by atoms with Gasteiger partial charge in [-0.05, 0) is 31.5 Å². The first-order valence-corrected chi connectivity index (χ1v) is 4.96. The van der Waals surface area contributed by atoms with Crippen molar-refractivity contribution < 1.29 is 4.42 Å². The van der Waals surface area contributed by atoms with Crippen LogP contribution in [0, 0.1) is 6.92 Å². The first kappa shape index (κ1) is 9.77. The fourth-order valence-electron chi connectivity index (χ4n) is 1.45. The Morgan fingerprint density at radius 3 is 2.93 bits per heavy atom. The second kappa shape index (κ2) is 4.17. The first-order valence-electron chi connectivity index (χ1n) is 4.96. The summed E-state index contributed by atoms with van der Waals surface area (Å²) in [5.74, 6) is 0. The zero-order valence-corrected chi connectivity index (χ0v) is 8.90. The lowest BCUT2D eigenvalue weighted by atomic mass is 10.1. The number of hydrogen-bond donors (Lipinski definition) is 1. The van der Waals surface area contributed by atoms with E-state index in [2.05, 4.69) is 24.1 Å². The van der Waals surface area contributed by atoms with Crippen LogP contribution < -0.4 is 5.32 Å². The third kappa shape index (κ3) is 2.18. The van der Waals surface area contributed by atoms with Gasteiger partial charge in [0.15, 0.2) is 0 Å². The number of anilines is 1. The minimum absolute atomic E-state index is 0.228. The largest absolute Gasteiger partial charge is 0.472 e. The summed E-state index contributed by atoms with van der Waals surface area (Å²) < 4.78 is 5.05. The number of nitrogens with one attached hydrogen (secondary N) is 1. The summed E-state index contributed by atoms with van der Waals surface area (Å²) in [4.78, 5) is 4.09. The van der Waals surface area contributed by atoms with Crippen LogP contribution in [-0.2, 0) is 0 Å². The smallest absolute Gasteiger partial charge is 0.0955 e. The van der Waals surface area contributed by atoms with Crippen molar-refractivity contribution in [2.75, 3.05) is 5.32 Å². The van der Waals surface area contributed by atoms with Crippen LogP contribution in [0.5, 0.6) is 0 Å². The normalized spacial score (nSPS) is 12.4. The molecule has 0 bridgehead atoms. The molecular formula is C12H14N2O. The SMILES string of the molecule is Cc1ccncc1NC(C)c1ccoc1. The third-order valence-electron chi connectivity index (χ3n) is 2.45. The van der Waals surface area contributed by atoms with E-state index in [4.69, 9.17) is 4.42 Å². The van der Waals surface area contributed by atoms with E-state index in [1.54, 1.807) is 18.7 Å². The Morgan fingerprint density at radius 1 is 1.40 bits per heavy atom. The number of nitrogens with zero attached hydrogens (tertiary/aromatic N) is 1. The lowest BCUT2D eigenvalue weighted by Gasteiger charge is -2.14. The highest BCUT2D eigenvalue weighted by molar-refractivity contribution is 5.49. The van der Waals surface area contributed by atoms with Crippen molar-refractivity contribution in [2.45, 2.75) is 19.9 Å². The molecule has 1 N–H and O–H groups in total. The van der Waals surface area contributed by atoms with Crippen molar-refractivity contribution in [3.8, 4) is 0 Å². The third-order valence-corrected chi connectivity index (χ3v) is 2.45. The molecule has 0 amide bonds. The van der Waals surface area contributed by atoms with Gasteiger partial charge in [0.1, 0.15) is 0 Å². The summed E-state index contributed by atoms with van der Waals surface area (Å²) in [5.41, 5.74) is 3.39. The van der Waals surface area contributed by atoms with Crippen molar-refractivity contribution in [3.05, 3.63) is 48.2 Å². The summed E-state index contributed by atoms with van der Waals surface area (Å²) in [6.45, 7) is 4.16. The van der Waals surface area contributed by atoms with Crippen LogP contribution in [-0.4, -0.2) is 4.98 Å². The summed E-state index contributed by atoms with van der Waals surface area (Å²) in [6, 6.07) is 4.18. The van der Waals surface area contributed by atoms with Gasteiger partial charge in [-0.1, -0.05) is 0 Å². The molecule has 2 heterocycles. The predicted molar refractivity (Wildman–Crippen MR) is 59.7 cm³/mol. The second-order valence-electron chi connectivity index (χ2n) is 3.61. The van der Waals surface area contributed by atoms with Gasteiger partial charge in [0.25, 0.3) is 0 Å². The maximum Gasteiger partial charge on any atom is 0.0955 e. The zero-order chi connectivity index (χ0) is 10.7. The molecule has 0 aliphatic heterocycles. The Kier molecular flexibility index (Phi) is 2.72. The summed E-state index contributed by atoms with van der Waals surface area (Å²) in [6.07, 6.45) is 7.07. The molecule has 0 spiro atoms. The van der Waals surface area contributed by atoms with E-state index < -0.39 is 0 Å². The van der Waals surface area contributed by atoms with Gasteiger partial charge in [-0.25, -0.2) is 0 Å². The van der Waals surface area contributed by atoms with Gasteiger partial charge in [0.2, 0.25) is 0 Å². The van der Waals surface area contributed by atoms with Crippen LogP contribution in [0.15, 0.2) is 41.5 Å². The summed E-state index contributed by atoms with van der Waals surface area (Å²) in [7, 11) is 0. The van der Waals surface area contributed by atoms with Gasteiger partial charge < -0.3 is 9.73 Å². The molecule has 2 aromatic heterocycles. The molecule has 0 saturated heterocycles. The molecule has 0 aliphatic rings. The van der Waals surface area contributed by atoms with E-state index in [0.29, 0.717) is 0 Å². The van der Waals surface area contributed by atoms with Gasteiger partial charge in [-0.2, -0.15) is 0 Å². The van der Waals surface area contributed by atoms with Gasteiger partial charge >= 0.3 is 0 Å². The van der Waals surface area contributed by atoms with Crippen LogP contribution in [0.2, 0.25) is 0 Å². The maximum atomic E-state index is 5.05. The Balaban J connectivity index is 2.13. The average molecular weight is 202 g/mol. The van der Waals surface area contributed by atoms with Crippen molar-refractivity contribution in [1.82, 2.24) is 4.98 Å². The molecule has 15 heavy (non-hydrogen) atoms. The average Bonchev–Trinajstić information content (AvgIpc) is 2.74. The van der Waals surface area contributed by atoms with Crippen molar-refractivity contribution in [3.63, 3.8) is 0 Å². The fraction of sp³-hybridized carbons (Fsp3) is 0.250. The molecule has 0 fully saturated rings. The van der Waals surface area contributed by atoms with E-state index in [1.807, 2.05) is 18.3 Å². The Morgan fingerprint density at radius 2 is 2.27 bits per heavy atom. The number of hydrogen-bond acceptors (Lipinski definition) is 3. The Hall–Kier alpha value is -1.77. The molecule has 0 radical (unpaired) electrons.